The van der Waals surface area contributed by atoms with Gasteiger partial charge in [-0.15, -0.1) is 0 Å². The van der Waals surface area contributed by atoms with Gasteiger partial charge in [0.2, 0.25) is 11.8 Å². The highest BCUT2D eigenvalue weighted by atomic mass is 16.2. The highest BCUT2D eigenvalue weighted by Crippen LogP contribution is 2.23. The van der Waals surface area contributed by atoms with E-state index in [2.05, 4.69) is 12.2 Å². The van der Waals surface area contributed by atoms with Crippen LogP contribution < -0.4 is 5.32 Å². The number of amides is 2. The molecular weight excluding hydrogens is 252 g/mol. The Hall–Kier alpha value is -1.06. The predicted octanol–water partition coefficient (Wildman–Crippen LogP) is 2.72. The van der Waals surface area contributed by atoms with E-state index in [0.29, 0.717) is 13.1 Å². The van der Waals surface area contributed by atoms with Gasteiger partial charge in [0.25, 0.3) is 0 Å². The first-order chi connectivity index (χ1) is 9.65. The van der Waals surface area contributed by atoms with E-state index < -0.39 is 0 Å². The number of nitrogens with zero attached hydrogens (tertiary/aromatic N) is 1. The Morgan fingerprint density at radius 1 is 1.10 bits per heavy atom. The van der Waals surface area contributed by atoms with Crippen molar-refractivity contribution < 1.29 is 9.59 Å². The van der Waals surface area contributed by atoms with Crippen molar-refractivity contribution in [3.63, 3.8) is 0 Å². The molecule has 0 atom stereocenters. The molecular formula is C16H30N2O2. The molecule has 0 heterocycles. The molecule has 0 saturated heterocycles. The SMILES string of the molecule is CCCCCN(CCNC(=O)C1CCCCC1)C(C)=O. The van der Waals surface area contributed by atoms with Crippen LogP contribution in [0.3, 0.4) is 0 Å². The molecule has 2 amide bonds. The molecule has 0 aromatic carbocycles. The molecule has 0 unspecified atom stereocenters. The van der Waals surface area contributed by atoms with E-state index in [1.807, 2.05) is 4.90 Å². The topological polar surface area (TPSA) is 49.4 Å². The fourth-order valence-corrected chi connectivity index (χ4v) is 2.80. The van der Waals surface area contributed by atoms with E-state index in [0.717, 1.165) is 38.6 Å². The summed E-state index contributed by atoms with van der Waals surface area (Å²) in [6, 6.07) is 0. The van der Waals surface area contributed by atoms with Crippen LogP contribution in [0.1, 0.15) is 65.2 Å². The van der Waals surface area contributed by atoms with E-state index in [9.17, 15) is 9.59 Å². The van der Waals surface area contributed by atoms with Crippen molar-refractivity contribution in [2.24, 2.45) is 5.92 Å². The van der Waals surface area contributed by atoms with Gasteiger partial charge < -0.3 is 10.2 Å². The van der Waals surface area contributed by atoms with Crippen LogP contribution in [0.2, 0.25) is 0 Å². The fourth-order valence-electron chi connectivity index (χ4n) is 2.80. The molecule has 0 bridgehead atoms. The summed E-state index contributed by atoms with van der Waals surface area (Å²) < 4.78 is 0. The van der Waals surface area contributed by atoms with Gasteiger partial charge in [0.15, 0.2) is 0 Å². The minimum absolute atomic E-state index is 0.105. The van der Waals surface area contributed by atoms with Gasteiger partial charge in [-0.25, -0.2) is 0 Å². The van der Waals surface area contributed by atoms with Crippen molar-refractivity contribution in [2.45, 2.75) is 65.2 Å². The highest BCUT2D eigenvalue weighted by molar-refractivity contribution is 5.78. The number of rotatable bonds is 8. The van der Waals surface area contributed by atoms with Gasteiger partial charge in [-0.05, 0) is 19.3 Å². The Labute approximate surface area is 123 Å². The Kier molecular flexibility index (Phi) is 8.31. The largest absolute Gasteiger partial charge is 0.354 e. The lowest BCUT2D eigenvalue weighted by atomic mass is 9.89. The third kappa shape index (κ3) is 6.40. The first kappa shape index (κ1) is 17.0. The second kappa shape index (κ2) is 9.78. The van der Waals surface area contributed by atoms with Crippen molar-refractivity contribution in [1.29, 1.82) is 0 Å². The summed E-state index contributed by atoms with van der Waals surface area (Å²) in [5.74, 6) is 0.490. The van der Waals surface area contributed by atoms with Crippen LogP contribution in [0.4, 0.5) is 0 Å². The molecule has 1 aliphatic rings. The lowest BCUT2D eigenvalue weighted by Crippen LogP contribution is -2.40. The molecule has 4 nitrogen and oxygen atoms in total. The van der Waals surface area contributed by atoms with E-state index in [-0.39, 0.29) is 17.7 Å². The van der Waals surface area contributed by atoms with E-state index in [1.54, 1.807) is 6.92 Å². The number of nitrogens with one attached hydrogen (secondary N) is 1. The zero-order valence-electron chi connectivity index (χ0n) is 13.1. The minimum Gasteiger partial charge on any atom is -0.354 e. The van der Waals surface area contributed by atoms with Gasteiger partial charge in [0.05, 0.1) is 0 Å². The molecule has 0 aromatic rings. The maximum Gasteiger partial charge on any atom is 0.223 e. The van der Waals surface area contributed by atoms with E-state index in [1.165, 1.54) is 19.3 Å². The van der Waals surface area contributed by atoms with Gasteiger partial charge in [-0.1, -0.05) is 39.0 Å². The molecule has 1 N–H and O–H groups in total. The van der Waals surface area contributed by atoms with Crippen LogP contribution in [0.15, 0.2) is 0 Å². The van der Waals surface area contributed by atoms with E-state index in [4.69, 9.17) is 0 Å². The Morgan fingerprint density at radius 3 is 2.40 bits per heavy atom. The van der Waals surface area contributed by atoms with Crippen molar-refractivity contribution in [3.05, 3.63) is 0 Å². The smallest absolute Gasteiger partial charge is 0.223 e. The lowest BCUT2D eigenvalue weighted by Gasteiger charge is -2.23. The van der Waals surface area contributed by atoms with Gasteiger partial charge in [-0.2, -0.15) is 0 Å². The molecule has 0 aromatic heterocycles. The molecule has 20 heavy (non-hydrogen) atoms. The maximum atomic E-state index is 12.0. The Morgan fingerprint density at radius 2 is 1.80 bits per heavy atom. The first-order valence-electron chi connectivity index (χ1n) is 8.18. The summed E-state index contributed by atoms with van der Waals surface area (Å²) >= 11 is 0. The zero-order chi connectivity index (χ0) is 14.8. The standard InChI is InChI=1S/C16H30N2O2/c1-3-4-8-12-18(14(2)19)13-11-17-16(20)15-9-6-5-7-10-15/h15H,3-13H2,1-2H3,(H,17,20). The second-order valence-corrected chi connectivity index (χ2v) is 5.84. The molecule has 1 rings (SSSR count). The van der Waals surface area contributed by atoms with Gasteiger partial charge in [-0.3, -0.25) is 9.59 Å². The predicted molar refractivity (Wildman–Crippen MR) is 81.4 cm³/mol. The number of carbonyl (C=O) groups is 2. The minimum atomic E-state index is 0.105. The summed E-state index contributed by atoms with van der Waals surface area (Å²) in [7, 11) is 0. The average Bonchev–Trinajstić information content (AvgIpc) is 2.46. The summed E-state index contributed by atoms with van der Waals surface area (Å²) in [4.78, 5) is 25.4. The van der Waals surface area contributed by atoms with Crippen LogP contribution in [0, 0.1) is 5.92 Å². The van der Waals surface area contributed by atoms with Gasteiger partial charge in [0.1, 0.15) is 0 Å². The summed E-state index contributed by atoms with van der Waals surface area (Å²) in [5, 5.41) is 3.00. The highest BCUT2D eigenvalue weighted by Gasteiger charge is 2.20. The van der Waals surface area contributed by atoms with Crippen molar-refractivity contribution in [2.75, 3.05) is 19.6 Å². The number of hydrogen-bond donors (Lipinski definition) is 1. The van der Waals surface area contributed by atoms with Crippen LogP contribution in [0.5, 0.6) is 0 Å². The van der Waals surface area contributed by atoms with Crippen molar-refractivity contribution in [3.8, 4) is 0 Å². The summed E-state index contributed by atoms with van der Waals surface area (Å²) in [6.45, 7) is 5.79. The maximum absolute atomic E-state index is 12.0. The monoisotopic (exact) mass is 282 g/mol. The Bertz CT molecular complexity index is 299. The molecule has 1 aliphatic carbocycles. The third-order valence-electron chi connectivity index (χ3n) is 4.13. The van der Waals surface area contributed by atoms with Crippen LogP contribution in [-0.2, 0) is 9.59 Å². The molecule has 0 radical (unpaired) electrons. The van der Waals surface area contributed by atoms with Crippen LogP contribution in [0.25, 0.3) is 0 Å². The normalized spacial score (nSPS) is 15.9. The Balaban J connectivity index is 2.21. The molecule has 116 valence electrons. The molecule has 0 aliphatic heterocycles. The van der Waals surface area contributed by atoms with Gasteiger partial charge >= 0.3 is 0 Å². The second-order valence-electron chi connectivity index (χ2n) is 5.84. The average molecular weight is 282 g/mol. The van der Waals surface area contributed by atoms with Crippen molar-refractivity contribution in [1.82, 2.24) is 10.2 Å². The number of carbonyl (C=O) groups excluding carboxylic acids is 2. The molecule has 1 fully saturated rings. The van der Waals surface area contributed by atoms with Crippen LogP contribution in [-0.4, -0.2) is 36.3 Å². The molecule has 1 saturated carbocycles. The van der Waals surface area contributed by atoms with E-state index >= 15 is 0 Å². The third-order valence-corrected chi connectivity index (χ3v) is 4.13. The van der Waals surface area contributed by atoms with Crippen molar-refractivity contribution >= 4 is 11.8 Å². The fraction of sp³-hybridized carbons (Fsp3) is 0.875. The number of unbranched alkanes of at least 4 members (excludes halogenated alkanes) is 2. The number of hydrogen-bond acceptors (Lipinski definition) is 2. The molecule has 4 heteroatoms. The summed E-state index contributed by atoms with van der Waals surface area (Å²) in [5.41, 5.74) is 0. The van der Waals surface area contributed by atoms with Gasteiger partial charge in [0, 0.05) is 32.5 Å². The quantitative estimate of drug-likeness (QED) is 0.696. The molecule has 0 spiro atoms. The summed E-state index contributed by atoms with van der Waals surface area (Å²) in [6.07, 6.45) is 9.02. The van der Waals surface area contributed by atoms with Crippen LogP contribution >= 0.6 is 0 Å². The lowest BCUT2D eigenvalue weighted by molar-refractivity contribution is -0.130. The first-order valence-corrected chi connectivity index (χ1v) is 8.18. The zero-order valence-corrected chi connectivity index (χ0v) is 13.1.